The third-order valence-corrected chi connectivity index (χ3v) is 3.51. The van der Waals surface area contributed by atoms with E-state index in [1.807, 2.05) is 6.92 Å². The molecule has 0 amide bonds. The maximum atomic E-state index is 11.3. The van der Waals surface area contributed by atoms with E-state index in [-0.39, 0.29) is 12.8 Å². The van der Waals surface area contributed by atoms with Crippen LogP contribution < -0.4 is 5.32 Å². The molecule has 0 aromatic carbocycles. The summed E-state index contributed by atoms with van der Waals surface area (Å²) in [4.78, 5) is 9.27. The summed E-state index contributed by atoms with van der Waals surface area (Å²) in [6.45, 7) is 7.11. The second-order valence-electron chi connectivity index (χ2n) is 3.43. The van der Waals surface area contributed by atoms with E-state index in [9.17, 15) is 9.46 Å². The summed E-state index contributed by atoms with van der Waals surface area (Å²) in [6.07, 6.45) is 1.85. The third kappa shape index (κ3) is 10.6. The summed E-state index contributed by atoms with van der Waals surface area (Å²) >= 11 is 0. The lowest BCUT2D eigenvalue weighted by molar-refractivity contribution is 0.145. The highest BCUT2D eigenvalue weighted by molar-refractivity contribution is 7.52. The van der Waals surface area contributed by atoms with Crippen LogP contribution in [-0.4, -0.2) is 44.0 Å². The van der Waals surface area contributed by atoms with Crippen LogP contribution in [0, 0.1) is 0 Å². The standard InChI is InChI=1S/C10H24NO4P/c1-3-14-9-5-7-11-8-6-10-16(12,13)15-4-2/h11H,3-10H2,1-2H3,(H,12,13). The van der Waals surface area contributed by atoms with E-state index in [2.05, 4.69) is 5.32 Å². The Morgan fingerprint density at radius 1 is 1.19 bits per heavy atom. The van der Waals surface area contributed by atoms with Crippen LogP contribution in [0.5, 0.6) is 0 Å². The fourth-order valence-corrected chi connectivity index (χ4v) is 2.33. The molecule has 1 atom stereocenters. The molecule has 1 unspecified atom stereocenters. The van der Waals surface area contributed by atoms with E-state index in [1.165, 1.54) is 0 Å². The number of ether oxygens (including phenoxy) is 1. The summed E-state index contributed by atoms with van der Waals surface area (Å²) in [5.74, 6) is 0. The second kappa shape index (κ2) is 10.2. The highest BCUT2D eigenvalue weighted by Gasteiger charge is 2.16. The van der Waals surface area contributed by atoms with Gasteiger partial charge in [0.25, 0.3) is 0 Å². The molecule has 5 nitrogen and oxygen atoms in total. The predicted octanol–water partition coefficient (Wildman–Crippen LogP) is 1.61. The maximum absolute atomic E-state index is 11.3. The largest absolute Gasteiger partial charge is 0.382 e. The molecule has 0 aromatic heterocycles. The number of hydrogen-bond acceptors (Lipinski definition) is 4. The SMILES string of the molecule is CCOCCCNCCCP(=O)(O)OCC. The van der Waals surface area contributed by atoms with Crippen molar-refractivity contribution in [1.82, 2.24) is 5.32 Å². The van der Waals surface area contributed by atoms with Crippen LogP contribution in [0.15, 0.2) is 0 Å². The summed E-state index contributed by atoms with van der Waals surface area (Å²) in [5, 5.41) is 3.19. The molecule has 0 spiro atoms. The van der Waals surface area contributed by atoms with Crippen LogP contribution in [0.4, 0.5) is 0 Å². The Labute approximate surface area is 98.1 Å². The van der Waals surface area contributed by atoms with Gasteiger partial charge in [0.15, 0.2) is 0 Å². The van der Waals surface area contributed by atoms with E-state index < -0.39 is 7.60 Å². The summed E-state index contributed by atoms with van der Waals surface area (Å²) < 4.78 is 21.2. The molecule has 0 aliphatic rings. The molecule has 0 radical (unpaired) electrons. The van der Waals surface area contributed by atoms with E-state index in [0.29, 0.717) is 6.42 Å². The van der Waals surface area contributed by atoms with Gasteiger partial charge in [0.2, 0.25) is 0 Å². The molecule has 0 saturated heterocycles. The third-order valence-electron chi connectivity index (χ3n) is 1.97. The molecule has 2 N–H and O–H groups in total. The Hall–Kier alpha value is 0.0700. The van der Waals surface area contributed by atoms with Gasteiger partial charge in [-0.05, 0) is 39.8 Å². The predicted molar refractivity (Wildman–Crippen MR) is 64.9 cm³/mol. The zero-order valence-electron chi connectivity index (χ0n) is 10.3. The van der Waals surface area contributed by atoms with Crippen molar-refractivity contribution < 1.29 is 18.7 Å². The lowest BCUT2D eigenvalue weighted by Gasteiger charge is -2.10. The molecule has 0 saturated carbocycles. The Bertz CT molecular complexity index is 201. The highest BCUT2D eigenvalue weighted by Crippen LogP contribution is 2.41. The smallest absolute Gasteiger partial charge is 0.328 e. The fourth-order valence-electron chi connectivity index (χ4n) is 1.24. The van der Waals surface area contributed by atoms with Gasteiger partial charge < -0.3 is 19.5 Å². The molecular formula is C10H24NO4P. The maximum Gasteiger partial charge on any atom is 0.328 e. The minimum absolute atomic E-state index is 0.222. The lowest BCUT2D eigenvalue weighted by atomic mass is 10.4. The lowest BCUT2D eigenvalue weighted by Crippen LogP contribution is -2.19. The van der Waals surface area contributed by atoms with Gasteiger partial charge >= 0.3 is 7.60 Å². The van der Waals surface area contributed by atoms with Crippen molar-refractivity contribution >= 4 is 7.60 Å². The van der Waals surface area contributed by atoms with Gasteiger partial charge in [0, 0.05) is 13.2 Å². The van der Waals surface area contributed by atoms with Crippen molar-refractivity contribution in [1.29, 1.82) is 0 Å². The first-order valence-electron chi connectivity index (χ1n) is 5.87. The molecule has 0 rings (SSSR count). The van der Waals surface area contributed by atoms with E-state index in [1.54, 1.807) is 6.92 Å². The minimum Gasteiger partial charge on any atom is -0.382 e. The fraction of sp³-hybridized carbons (Fsp3) is 1.00. The Balaban J connectivity index is 3.23. The van der Waals surface area contributed by atoms with Crippen LogP contribution in [-0.2, 0) is 13.8 Å². The van der Waals surface area contributed by atoms with Gasteiger partial charge in [0.05, 0.1) is 12.8 Å². The minimum atomic E-state index is -3.32. The van der Waals surface area contributed by atoms with Gasteiger partial charge in [-0.1, -0.05) is 0 Å². The van der Waals surface area contributed by atoms with Crippen LogP contribution in [0.3, 0.4) is 0 Å². The van der Waals surface area contributed by atoms with Crippen LogP contribution in [0.2, 0.25) is 0 Å². The van der Waals surface area contributed by atoms with Crippen molar-refractivity contribution in [3.05, 3.63) is 0 Å². The molecule has 0 fully saturated rings. The first kappa shape index (κ1) is 16.1. The molecule has 16 heavy (non-hydrogen) atoms. The molecule has 0 aliphatic heterocycles. The van der Waals surface area contributed by atoms with Gasteiger partial charge in [-0.2, -0.15) is 0 Å². The van der Waals surface area contributed by atoms with Gasteiger partial charge in [-0.15, -0.1) is 0 Å². The molecule has 6 heteroatoms. The summed E-state index contributed by atoms with van der Waals surface area (Å²) in [7, 11) is -3.32. The van der Waals surface area contributed by atoms with E-state index in [0.717, 1.165) is 32.7 Å². The van der Waals surface area contributed by atoms with Crippen LogP contribution in [0.1, 0.15) is 26.7 Å². The number of nitrogens with one attached hydrogen (secondary N) is 1. The van der Waals surface area contributed by atoms with E-state index in [4.69, 9.17) is 9.26 Å². The van der Waals surface area contributed by atoms with Crippen molar-refractivity contribution in [2.24, 2.45) is 0 Å². The topological polar surface area (TPSA) is 67.8 Å². The molecule has 0 bridgehead atoms. The van der Waals surface area contributed by atoms with Crippen LogP contribution in [0.25, 0.3) is 0 Å². The van der Waals surface area contributed by atoms with Gasteiger partial charge in [-0.25, -0.2) is 0 Å². The molecule has 98 valence electrons. The quantitative estimate of drug-likeness (QED) is 0.432. The van der Waals surface area contributed by atoms with Crippen molar-refractivity contribution in [3.8, 4) is 0 Å². The average molecular weight is 253 g/mol. The normalized spacial score (nSPS) is 14.9. The van der Waals surface area contributed by atoms with E-state index >= 15 is 0 Å². The monoisotopic (exact) mass is 253 g/mol. The molecule has 0 aliphatic carbocycles. The molecular weight excluding hydrogens is 229 g/mol. The van der Waals surface area contributed by atoms with Crippen LogP contribution >= 0.6 is 7.60 Å². The van der Waals surface area contributed by atoms with Gasteiger partial charge in [-0.3, -0.25) is 4.57 Å². The molecule has 0 aromatic rings. The number of rotatable bonds is 11. The van der Waals surface area contributed by atoms with Gasteiger partial charge in [0.1, 0.15) is 0 Å². The van der Waals surface area contributed by atoms with Crippen molar-refractivity contribution in [2.75, 3.05) is 39.1 Å². The first-order chi connectivity index (χ1) is 7.62. The second-order valence-corrected chi connectivity index (χ2v) is 5.41. The zero-order valence-corrected chi connectivity index (χ0v) is 11.2. The van der Waals surface area contributed by atoms with Crippen molar-refractivity contribution in [3.63, 3.8) is 0 Å². The Morgan fingerprint density at radius 2 is 1.88 bits per heavy atom. The first-order valence-corrected chi connectivity index (χ1v) is 7.63. The Kier molecular flexibility index (Phi) is 10.3. The zero-order chi connectivity index (χ0) is 12.3. The van der Waals surface area contributed by atoms with Crippen molar-refractivity contribution in [2.45, 2.75) is 26.7 Å². The summed E-state index contributed by atoms with van der Waals surface area (Å²) in [6, 6.07) is 0. The molecule has 0 heterocycles. The highest BCUT2D eigenvalue weighted by atomic mass is 31.2. The summed E-state index contributed by atoms with van der Waals surface area (Å²) in [5.41, 5.74) is 0. The average Bonchev–Trinajstić information content (AvgIpc) is 2.22. The number of hydrogen-bond donors (Lipinski definition) is 2. The Morgan fingerprint density at radius 3 is 2.50 bits per heavy atom.